The van der Waals surface area contributed by atoms with Crippen molar-refractivity contribution in [1.82, 2.24) is 0 Å². The van der Waals surface area contributed by atoms with Gasteiger partial charge in [-0.2, -0.15) is 0 Å². The molecule has 1 aliphatic carbocycles. The largest absolute Gasteiger partial charge is 0.206 e. The third-order valence-electron chi connectivity index (χ3n) is 5.87. The van der Waals surface area contributed by atoms with Gasteiger partial charge in [0.2, 0.25) is 0 Å². The summed E-state index contributed by atoms with van der Waals surface area (Å²) in [5.41, 5.74) is 2.70. The van der Waals surface area contributed by atoms with E-state index in [2.05, 4.69) is 55.2 Å². The van der Waals surface area contributed by atoms with Crippen LogP contribution in [-0.2, 0) is 0 Å². The summed E-state index contributed by atoms with van der Waals surface area (Å²) in [6.45, 7) is 2.23. The molecule has 0 unspecified atom stereocenters. The van der Waals surface area contributed by atoms with Crippen molar-refractivity contribution in [2.75, 3.05) is 0 Å². The molecule has 0 aromatic heterocycles. The van der Waals surface area contributed by atoms with Crippen LogP contribution in [0.4, 0.5) is 4.39 Å². The van der Waals surface area contributed by atoms with Gasteiger partial charge in [-0.15, -0.1) is 0 Å². The zero-order valence-corrected chi connectivity index (χ0v) is 18.0. The smallest absolute Gasteiger partial charge is 0.140 e. The van der Waals surface area contributed by atoms with E-state index in [9.17, 15) is 4.39 Å². The highest BCUT2D eigenvalue weighted by atomic mass is 35.5. The first-order chi connectivity index (χ1) is 14.2. The monoisotopic (exact) mass is 408 g/mol. The molecule has 0 heterocycles. The molecule has 0 N–H and O–H groups in total. The Kier molecular flexibility index (Phi) is 8.38. The maximum absolute atomic E-state index is 13.8. The van der Waals surface area contributed by atoms with Crippen LogP contribution >= 0.6 is 11.6 Å². The van der Waals surface area contributed by atoms with Gasteiger partial charge < -0.3 is 0 Å². The summed E-state index contributed by atoms with van der Waals surface area (Å²) in [4.78, 5) is 0. The van der Waals surface area contributed by atoms with Gasteiger partial charge in [0.15, 0.2) is 0 Å². The lowest BCUT2D eigenvalue weighted by Gasteiger charge is -2.28. The molecular formula is C27H30ClF. The van der Waals surface area contributed by atoms with Crippen LogP contribution in [0.5, 0.6) is 0 Å². The predicted molar refractivity (Wildman–Crippen MR) is 122 cm³/mol. The van der Waals surface area contributed by atoms with Crippen LogP contribution in [0.1, 0.15) is 80.9 Å². The average molecular weight is 409 g/mol. The standard InChI is InChI=1S/C27H30ClF/c1-2-3-4-5-6-7-21-8-13-23(14-9-21)24-15-10-22(11-16-24)12-17-25-18-19-26(28)20-27(25)29/h4-5,10-11,15-16,18-21,23H,2-3,6-9,13-14H2,1H3. The molecule has 2 heteroatoms. The van der Waals surface area contributed by atoms with Gasteiger partial charge in [-0.25, -0.2) is 4.39 Å². The third-order valence-corrected chi connectivity index (χ3v) is 6.10. The molecule has 0 bridgehead atoms. The molecule has 0 amide bonds. The lowest BCUT2D eigenvalue weighted by molar-refractivity contribution is 0.312. The number of benzene rings is 2. The highest BCUT2D eigenvalue weighted by Crippen LogP contribution is 2.37. The first-order valence-electron chi connectivity index (χ1n) is 10.9. The number of rotatable bonds is 6. The predicted octanol–water partition coefficient (Wildman–Crippen LogP) is 8.29. The molecule has 1 saturated carbocycles. The zero-order valence-electron chi connectivity index (χ0n) is 17.3. The molecule has 29 heavy (non-hydrogen) atoms. The molecule has 0 nitrogen and oxygen atoms in total. The van der Waals surface area contributed by atoms with E-state index in [0.29, 0.717) is 16.5 Å². The Morgan fingerprint density at radius 3 is 2.38 bits per heavy atom. The summed E-state index contributed by atoms with van der Waals surface area (Å²) in [5, 5.41) is 0.389. The highest BCUT2D eigenvalue weighted by molar-refractivity contribution is 6.30. The number of hydrogen-bond donors (Lipinski definition) is 0. The fourth-order valence-corrected chi connectivity index (χ4v) is 4.25. The number of hydrogen-bond acceptors (Lipinski definition) is 0. The van der Waals surface area contributed by atoms with Gasteiger partial charge in [0.05, 0.1) is 5.56 Å². The Labute approximate surface area is 180 Å². The van der Waals surface area contributed by atoms with Crippen molar-refractivity contribution in [2.45, 2.75) is 64.2 Å². The van der Waals surface area contributed by atoms with E-state index in [-0.39, 0.29) is 5.82 Å². The van der Waals surface area contributed by atoms with Crippen LogP contribution in [0.2, 0.25) is 5.02 Å². The summed E-state index contributed by atoms with van der Waals surface area (Å²) in [5.74, 6) is 7.14. The third kappa shape index (κ3) is 6.76. The Balaban J connectivity index is 1.50. The van der Waals surface area contributed by atoms with Crippen molar-refractivity contribution in [3.8, 4) is 11.8 Å². The Morgan fingerprint density at radius 2 is 1.69 bits per heavy atom. The van der Waals surface area contributed by atoms with Crippen molar-refractivity contribution >= 4 is 11.6 Å². The van der Waals surface area contributed by atoms with Gasteiger partial charge >= 0.3 is 0 Å². The minimum absolute atomic E-state index is 0.376. The van der Waals surface area contributed by atoms with Gasteiger partial charge in [0.1, 0.15) is 5.82 Å². The molecule has 3 rings (SSSR count). The first kappa shape index (κ1) is 21.7. The minimum atomic E-state index is -0.376. The molecule has 0 spiro atoms. The van der Waals surface area contributed by atoms with E-state index in [0.717, 1.165) is 11.5 Å². The van der Waals surface area contributed by atoms with Gasteiger partial charge in [-0.05, 0) is 92.7 Å². The van der Waals surface area contributed by atoms with E-state index < -0.39 is 0 Å². The molecule has 0 radical (unpaired) electrons. The second kappa shape index (κ2) is 11.2. The SMILES string of the molecule is CCCC=CCCC1CCC(c2ccc(C#Cc3ccc(Cl)cc3F)cc2)CC1. The Hall–Kier alpha value is -2.04. The molecule has 2 aromatic carbocycles. The highest BCUT2D eigenvalue weighted by Gasteiger charge is 2.21. The van der Waals surface area contributed by atoms with E-state index in [1.807, 2.05) is 0 Å². The van der Waals surface area contributed by atoms with Crippen LogP contribution in [0.15, 0.2) is 54.6 Å². The first-order valence-corrected chi connectivity index (χ1v) is 11.3. The van der Waals surface area contributed by atoms with Crippen molar-refractivity contribution in [1.29, 1.82) is 0 Å². The van der Waals surface area contributed by atoms with E-state index >= 15 is 0 Å². The molecule has 1 fully saturated rings. The van der Waals surface area contributed by atoms with Crippen molar-refractivity contribution in [2.24, 2.45) is 5.92 Å². The fourth-order valence-electron chi connectivity index (χ4n) is 4.09. The summed E-state index contributed by atoms with van der Waals surface area (Å²) in [7, 11) is 0. The minimum Gasteiger partial charge on any atom is -0.206 e. The van der Waals surface area contributed by atoms with Crippen LogP contribution in [0.3, 0.4) is 0 Å². The number of unbranched alkanes of at least 4 members (excludes halogenated alkanes) is 1. The maximum Gasteiger partial charge on any atom is 0.140 e. The van der Waals surface area contributed by atoms with Crippen LogP contribution in [0, 0.1) is 23.6 Å². The Bertz CT molecular complexity index is 862. The summed E-state index contributed by atoms with van der Waals surface area (Å²) >= 11 is 5.79. The molecular weight excluding hydrogens is 379 g/mol. The van der Waals surface area contributed by atoms with Gasteiger partial charge in [-0.3, -0.25) is 0 Å². The molecule has 152 valence electrons. The lowest BCUT2D eigenvalue weighted by atomic mass is 9.77. The molecule has 2 aromatic rings. The lowest BCUT2D eigenvalue weighted by Crippen LogP contribution is -2.13. The second-order valence-electron chi connectivity index (χ2n) is 8.05. The van der Waals surface area contributed by atoms with Gasteiger partial charge in [0, 0.05) is 10.6 Å². The molecule has 0 atom stereocenters. The summed E-state index contributed by atoms with van der Waals surface area (Å²) in [6, 6.07) is 13.1. The van der Waals surface area contributed by atoms with Crippen molar-refractivity contribution in [3.63, 3.8) is 0 Å². The van der Waals surface area contributed by atoms with E-state index in [1.165, 1.54) is 63.0 Å². The second-order valence-corrected chi connectivity index (χ2v) is 8.49. The zero-order chi connectivity index (χ0) is 20.5. The molecule has 0 aliphatic heterocycles. The topological polar surface area (TPSA) is 0 Å². The van der Waals surface area contributed by atoms with Crippen LogP contribution < -0.4 is 0 Å². The number of halogens is 2. The maximum atomic E-state index is 13.8. The quantitative estimate of drug-likeness (QED) is 0.333. The van der Waals surface area contributed by atoms with Gasteiger partial charge in [0.25, 0.3) is 0 Å². The van der Waals surface area contributed by atoms with E-state index in [4.69, 9.17) is 11.6 Å². The van der Waals surface area contributed by atoms with Gasteiger partial charge in [-0.1, -0.05) is 61.1 Å². The summed E-state index contributed by atoms with van der Waals surface area (Å²) < 4.78 is 13.8. The van der Waals surface area contributed by atoms with E-state index in [1.54, 1.807) is 12.1 Å². The fraction of sp³-hybridized carbons (Fsp3) is 0.407. The summed E-state index contributed by atoms with van der Waals surface area (Å²) in [6.07, 6.45) is 15.0. The van der Waals surface area contributed by atoms with Crippen molar-refractivity contribution in [3.05, 3.63) is 82.1 Å². The molecule has 1 aliphatic rings. The van der Waals surface area contributed by atoms with Crippen molar-refractivity contribution < 1.29 is 4.39 Å². The Morgan fingerprint density at radius 1 is 0.966 bits per heavy atom. The number of allylic oxidation sites excluding steroid dienone is 2. The van der Waals surface area contributed by atoms with Crippen LogP contribution in [-0.4, -0.2) is 0 Å². The molecule has 0 saturated heterocycles. The van der Waals surface area contributed by atoms with Crippen LogP contribution in [0.25, 0.3) is 0 Å². The average Bonchev–Trinajstić information content (AvgIpc) is 2.74. The normalized spacial score (nSPS) is 19.1.